The molecule has 0 bridgehead atoms. The molecule has 1 rings (SSSR count). The molecule has 1 saturated heterocycles. The van der Waals surface area contributed by atoms with E-state index in [1.807, 2.05) is 0 Å². The molecule has 0 aromatic carbocycles. The number of rotatable bonds is 7. The first-order valence-corrected chi connectivity index (χ1v) is 8.42. The Morgan fingerprint density at radius 1 is 1.20 bits per heavy atom. The van der Waals surface area contributed by atoms with E-state index in [-0.39, 0.29) is 5.54 Å². The van der Waals surface area contributed by atoms with Crippen molar-refractivity contribution in [1.82, 2.24) is 15.1 Å². The van der Waals surface area contributed by atoms with E-state index < -0.39 is 0 Å². The van der Waals surface area contributed by atoms with Crippen molar-refractivity contribution in [2.75, 3.05) is 40.3 Å². The molecular weight excluding hydrogens is 246 g/mol. The van der Waals surface area contributed by atoms with Gasteiger partial charge in [-0.1, -0.05) is 0 Å². The van der Waals surface area contributed by atoms with Gasteiger partial charge in [0.2, 0.25) is 0 Å². The lowest BCUT2D eigenvalue weighted by atomic mass is 9.95. The van der Waals surface area contributed by atoms with Crippen LogP contribution in [0.4, 0.5) is 0 Å². The van der Waals surface area contributed by atoms with Crippen LogP contribution in [0.15, 0.2) is 0 Å². The molecule has 1 atom stereocenters. The molecule has 1 N–H and O–H groups in total. The maximum absolute atomic E-state index is 3.58. The van der Waals surface area contributed by atoms with Crippen molar-refractivity contribution in [3.8, 4) is 0 Å². The van der Waals surface area contributed by atoms with Crippen LogP contribution in [-0.2, 0) is 0 Å². The molecule has 1 heterocycles. The summed E-state index contributed by atoms with van der Waals surface area (Å²) in [7, 11) is 4.38. The van der Waals surface area contributed by atoms with E-state index in [1.54, 1.807) is 0 Å². The van der Waals surface area contributed by atoms with E-state index in [2.05, 4.69) is 56.9 Å². The van der Waals surface area contributed by atoms with Crippen LogP contribution in [0.3, 0.4) is 0 Å². The summed E-state index contributed by atoms with van der Waals surface area (Å²) in [5, 5.41) is 3.58. The van der Waals surface area contributed by atoms with Gasteiger partial charge in [0, 0.05) is 18.1 Å². The molecule has 1 fully saturated rings. The second kappa shape index (κ2) is 8.35. The Hall–Kier alpha value is -0.120. The fourth-order valence-corrected chi connectivity index (χ4v) is 3.14. The minimum atomic E-state index is 0.258. The highest BCUT2D eigenvalue weighted by Gasteiger charge is 2.22. The first kappa shape index (κ1) is 17.9. The van der Waals surface area contributed by atoms with Gasteiger partial charge in [-0.2, -0.15) is 0 Å². The standard InChI is InChI=1S/C17H37N3/c1-15(8-7-11-18-17(2,3)4)20-12-9-16(10-13-20)14-19(5)6/h15-16,18H,7-14H2,1-6H3. The zero-order valence-corrected chi connectivity index (χ0v) is 14.7. The van der Waals surface area contributed by atoms with Gasteiger partial charge in [0.05, 0.1) is 0 Å². The topological polar surface area (TPSA) is 18.5 Å². The number of nitrogens with zero attached hydrogens (tertiary/aromatic N) is 2. The number of nitrogens with one attached hydrogen (secondary N) is 1. The van der Waals surface area contributed by atoms with Crippen molar-refractivity contribution in [3.63, 3.8) is 0 Å². The summed E-state index contributed by atoms with van der Waals surface area (Å²) in [6.07, 6.45) is 5.36. The number of likely N-dealkylation sites (tertiary alicyclic amines) is 1. The normalized spacial score (nSPS) is 20.6. The van der Waals surface area contributed by atoms with Gasteiger partial charge in [-0.3, -0.25) is 0 Å². The average Bonchev–Trinajstić information content (AvgIpc) is 2.33. The van der Waals surface area contributed by atoms with Crippen LogP contribution in [0.5, 0.6) is 0 Å². The molecule has 3 heteroatoms. The summed E-state index contributed by atoms with van der Waals surface area (Å²) in [6.45, 7) is 14.1. The highest BCUT2D eigenvalue weighted by atomic mass is 15.2. The number of hydrogen-bond donors (Lipinski definition) is 1. The fourth-order valence-electron chi connectivity index (χ4n) is 3.14. The molecule has 0 amide bonds. The summed E-state index contributed by atoms with van der Waals surface area (Å²) in [6, 6.07) is 0.747. The van der Waals surface area contributed by atoms with E-state index in [0.717, 1.165) is 18.5 Å². The lowest BCUT2D eigenvalue weighted by Gasteiger charge is -2.37. The van der Waals surface area contributed by atoms with E-state index >= 15 is 0 Å². The molecule has 1 aliphatic heterocycles. The third-order valence-corrected chi connectivity index (χ3v) is 4.35. The maximum atomic E-state index is 3.58. The second-order valence-electron chi connectivity index (χ2n) is 7.91. The minimum Gasteiger partial charge on any atom is -0.312 e. The zero-order valence-electron chi connectivity index (χ0n) is 14.7. The third-order valence-electron chi connectivity index (χ3n) is 4.35. The smallest absolute Gasteiger partial charge is 0.00965 e. The molecule has 120 valence electrons. The monoisotopic (exact) mass is 283 g/mol. The van der Waals surface area contributed by atoms with E-state index in [4.69, 9.17) is 0 Å². The third kappa shape index (κ3) is 7.61. The Morgan fingerprint density at radius 2 is 1.80 bits per heavy atom. The highest BCUT2D eigenvalue weighted by molar-refractivity contribution is 4.78. The molecule has 0 saturated carbocycles. The maximum Gasteiger partial charge on any atom is 0.00965 e. The molecular formula is C17H37N3. The number of piperidine rings is 1. The summed E-state index contributed by atoms with van der Waals surface area (Å²) >= 11 is 0. The lowest BCUT2D eigenvalue weighted by Crippen LogP contribution is -2.42. The van der Waals surface area contributed by atoms with Gasteiger partial charge in [0.15, 0.2) is 0 Å². The van der Waals surface area contributed by atoms with Crippen LogP contribution in [-0.4, -0.2) is 61.7 Å². The molecule has 0 radical (unpaired) electrons. The van der Waals surface area contributed by atoms with Crippen molar-refractivity contribution in [2.45, 2.75) is 65.0 Å². The molecule has 1 aliphatic rings. The molecule has 0 aliphatic carbocycles. The zero-order chi connectivity index (χ0) is 15.2. The molecule has 0 aromatic heterocycles. The molecule has 0 aromatic rings. The Balaban J connectivity index is 2.14. The summed E-state index contributed by atoms with van der Waals surface area (Å²) in [4.78, 5) is 5.03. The summed E-state index contributed by atoms with van der Waals surface area (Å²) in [5.74, 6) is 0.913. The van der Waals surface area contributed by atoms with E-state index in [0.29, 0.717) is 0 Å². The quantitative estimate of drug-likeness (QED) is 0.725. The van der Waals surface area contributed by atoms with Crippen molar-refractivity contribution >= 4 is 0 Å². The average molecular weight is 284 g/mol. The second-order valence-corrected chi connectivity index (χ2v) is 7.91. The Morgan fingerprint density at radius 3 is 2.30 bits per heavy atom. The first-order valence-electron chi connectivity index (χ1n) is 8.42. The van der Waals surface area contributed by atoms with Gasteiger partial charge < -0.3 is 15.1 Å². The predicted octanol–water partition coefficient (Wildman–Crippen LogP) is 2.82. The van der Waals surface area contributed by atoms with Crippen LogP contribution in [0.25, 0.3) is 0 Å². The molecule has 20 heavy (non-hydrogen) atoms. The van der Waals surface area contributed by atoms with Gasteiger partial charge in [0.1, 0.15) is 0 Å². The van der Waals surface area contributed by atoms with Crippen LogP contribution in [0.2, 0.25) is 0 Å². The SMILES string of the molecule is CC(CCCNC(C)(C)C)N1CCC(CN(C)C)CC1. The van der Waals surface area contributed by atoms with Crippen molar-refractivity contribution in [1.29, 1.82) is 0 Å². The van der Waals surface area contributed by atoms with Gasteiger partial charge in [0.25, 0.3) is 0 Å². The Bertz CT molecular complexity index is 249. The van der Waals surface area contributed by atoms with Crippen LogP contribution in [0.1, 0.15) is 53.4 Å². The van der Waals surface area contributed by atoms with Gasteiger partial charge in [-0.15, -0.1) is 0 Å². The molecule has 0 spiro atoms. The van der Waals surface area contributed by atoms with Gasteiger partial charge in [-0.05, 0) is 93.0 Å². The minimum absolute atomic E-state index is 0.258. The lowest BCUT2D eigenvalue weighted by molar-refractivity contribution is 0.121. The van der Waals surface area contributed by atoms with Crippen LogP contribution >= 0.6 is 0 Å². The van der Waals surface area contributed by atoms with Crippen LogP contribution in [0, 0.1) is 5.92 Å². The molecule has 3 nitrogen and oxygen atoms in total. The van der Waals surface area contributed by atoms with Crippen molar-refractivity contribution in [3.05, 3.63) is 0 Å². The Kier molecular flexibility index (Phi) is 7.49. The van der Waals surface area contributed by atoms with Gasteiger partial charge >= 0.3 is 0 Å². The summed E-state index contributed by atoms with van der Waals surface area (Å²) in [5.41, 5.74) is 0.258. The van der Waals surface area contributed by atoms with Crippen molar-refractivity contribution in [2.24, 2.45) is 5.92 Å². The fraction of sp³-hybridized carbons (Fsp3) is 1.00. The highest BCUT2D eigenvalue weighted by Crippen LogP contribution is 2.20. The predicted molar refractivity (Wildman–Crippen MR) is 89.3 cm³/mol. The number of hydrogen-bond acceptors (Lipinski definition) is 3. The first-order chi connectivity index (χ1) is 9.28. The molecule has 1 unspecified atom stereocenters. The van der Waals surface area contributed by atoms with Gasteiger partial charge in [-0.25, -0.2) is 0 Å². The van der Waals surface area contributed by atoms with E-state index in [1.165, 1.54) is 45.3 Å². The van der Waals surface area contributed by atoms with E-state index in [9.17, 15) is 0 Å². The largest absolute Gasteiger partial charge is 0.312 e. The summed E-state index contributed by atoms with van der Waals surface area (Å²) < 4.78 is 0. The Labute approximate surface area is 127 Å². The van der Waals surface area contributed by atoms with Crippen molar-refractivity contribution < 1.29 is 0 Å². The van der Waals surface area contributed by atoms with Crippen LogP contribution < -0.4 is 5.32 Å².